The molecule has 1 aromatic rings. The minimum absolute atomic E-state index is 0.387. The van der Waals surface area contributed by atoms with Gasteiger partial charge in [0, 0.05) is 12.1 Å². The van der Waals surface area contributed by atoms with Crippen LogP contribution in [0.5, 0.6) is 0 Å². The van der Waals surface area contributed by atoms with Crippen LogP contribution in [-0.2, 0) is 6.54 Å². The highest BCUT2D eigenvalue weighted by atomic mass is 32.1. The molecule has 0 aromatic carbocycles. The molecule has 0 atom stereocenters. The van der Waals surface area contributed by atoms with Crippen molar-refractivity contribution in [3.05, 3.63) is 22.4 Å². The first kappa shape index (κ1) is 11.2. The Kier molecular flexibility index (Phi) is 3.81. The van der Waals surface area contributed by atoms with Crippen molar-refractivity contribution in [2.75, 3.05) is 0 Å². The van der Waals surface area contributed by atoms with Gasteiger partial charge in [-0.05, 0) is 42.2 Å². The van der Waals surface area contributed by atoms with Gasteiger partial charge in [-0.3, -0.25) is 0 Å². The molecule has 1 fully saturated rings. The molecule has 1 aromatic heterocycles. The van der Waals surface area contributed by atoms with Gasteiger partial charge in [0.05, 0.1) is 0 Å². The zero-order valence-electron chi connectivity index (χ0n) is 9.59. The molecule has 0 unspecified atom stereocenters. The molecule has 2 heteroatoms. The summed E-state index contributed by atoms with van der Waals surface area (Å²) in [7, 11) is 0. The summed E-state index contributed by atoms with van der Waals surface area (Å²) >= 11 is 1.79. The molecule has 15 heavy (non-hydrogen) atoms. The smallest absolute Gasteiger partial charge is 0.0218 e. The Balaban J connectivity index is 1.86. The molecule has 84 valence electrons. The largest absolute Gasteiger partial charge is 0.307 e. The van der Waals surface area contributed by atoms with E-state index < -0.39 is 0 Å². The SMILES string of the molecule is CC1(NCc2ccsc2)CCCCCC1. The van der Waals surface area contributed by atoms with Crippen LogP contribution in [0, 0.1) is 0 Å². The number of nitrogens with one attached hydrogen (secondary N) is 1. The van der Waals surface area contributed by atoms with E-state index in [2.05, 4.69) is 29.1 Å². The minimum Gasteiger partial charge on any atom is -0.307 e. The van der Waals surface area contributed by atoms with Gasteiger partial charge in [0.2, 0.25) is 0 Å². The predicted octanol–water partition coefficient (Wildman–Crippen LogP) is 3.95. The second-order valence-electron chi connectivity index (χ2n) is 4.96. The Labute approximate surface area is 96.9 Å². The van der Waals surface area contributed by atoms with Gasteiger partial charge in [-0.2, -0.15) is 11.3 Å². The molecule has 1 saturated carbocycles. The van der Waals surface area contributed by atoms with Crippen molar-refractivity contribution in [2.24, 2.45) is 0 Å². The van der Waals surface area contributed by atoms with E-state index >= 15 is 0 Å². The summed E-state index contributed by atoms with van der Waals surface area (Å²) in [6.07, 6.45) is 8.33. The zero-order valence-corrected chi connectivity index (χ0v) is 10.4. The minimum atomic E-state index is 0.387. The van der Waals surface area contributed by atoms with E-state index in [4.69, 9.17) is 0 Å². The highest BCUT2D eigenvalue weighted by Crippen LogP contribution is 2.26. The number of thiophene rings is 1. The van der Waals surface area contributed by atoms with Crippen LogP contribution < -0.4 is 5.32 Å². The van der Waals surface area contributed by atoms with Gasteiger partial charge in [-0.25, -0.2) is 0 Å². The first-order chi connectivity index (χ1) is 7.29. The summed E-state index contributed by atoms with van der Waals surface area (Å²) in [5.41, 5.74) is 1.82. The normalized spacial score (nSPS) is 21.1. The van der Waals surface area contributed by atoms with Crippen LogP contribution in [0.4, 0.5) is 0 Å². The summed E-state index contributed by atoms with van der Waals surface area (Å²) in [5.74, 6) is 0. The Morgan fingerprint density at radius 1 is 1.27 bits per heavy atom. The van der Waals surface area contributed by atoms with E-state index in [1.807, 2.05) is 0 Å². The van der Waals surface area contributed by atoms with Crippen LogP contribution >= 0.6 is 11.3 Å². The van der Waals surface area contributed by atoms with Crippen molar-refractivity contribution < 1.29 is 0 Å². The third-order valence-corrected chi connectivity index (χ3v) is 4.24. The fraction of sp³-hybridized carbons (Fsp3) is 0.692. The third kappa shape index (κ3) is 3.32. The van der Waals surface area contributed by atoms with Crippen LogP contribution in [-0.4, -0.2) is 5.54 Å². The molecule has 1 nitrogen and oxygen atoms in total. The van der Waals surface area contributed by atoms with E-state index in [1.165, 1.54) is 44.1 Å². The average molecular weight is 223 g/mol. The Morgan fingerprint density at radius 3 is 2.60 bits per heavy atom. The van der Waals surface area contributed by atoms with Gasteiger partial charge in [0.25, 0.3) is 0 Å². The summed E-state index contributed by atoms with van der Waals surface area (Å²) in [5, 5.41) is 8.15. The highest BCUT2D eigenvalue weighted by molar-refractivity contribution is 7.07. The molecule has 0 aliphatic heterocycles. The van der Waals surface area contributed by atoms with Crippen molar-refractivity contribution >= 4 is 11.3 Å². The topological polar surface area (TPSA) is 12.0 Å². The highest BCUT2D eigenvalue weighted by Gasteiger charge is 2.24. The molecule has 1 heterocycles. The fourth-order valence-electron chi connectivity index (χ4n) is 2.39. The fourth-order valence-corrected chi connectivity index (χ4v) is 3.06. The molecule has 2 rings (SSSR count). The molecule has 0 radical (unpaired) electrons. The first-order valence-corrected chi connectivity index (χ1v) is 6.99. The van der Waals surface area contributed by atoms with Gasteiger partial charge >= 0.3 is 0 Å². The van der Waals surface area contributed by atoms with Crippen molar-refractivity contribution in [3.8, 4) is 0 Å². The van der Waals surface area contributed by atoms with Crippen molar-refractivity contribution in [1.82, 2.24) is 5.32 Å². The lowest BCUT2D eigenvalue weighted by molar-refractivity contribution is 0.311. The van der Waals surface area contributed by atoms with Crippen LogP contribution in [0.25, 0.3) is 0 Å². The Hall–Kier alpha value is -0.340. The molecule has 0 amide bonds. The van der Waals surface area contributed by atoms with Gasteiger partial charge < -0.3 is 5.32 Å². The predicted molar refractivity (Wildman–Crippen MR) is 67.3 cm³/mol. The summed E-state index contributed by atoms with van der Waals surface area (Å²) in [6, 6.07) is 2.22. The lowest BCUT2D eigenvalue weighted by Gasteiger charge is -2.29. The molecule has 0 saturated heterocycles. The first-order valence-electron chi connectivity index (χ1n) is 6.05. The summed E-state index contributed by atoms with van der Waals surface area (Å²) < 4.78 is 0. The van der Waals surface area contributed by atoms with Crippen LogP contribution in [0.2, 0.25) is 0 Å². The molecule has 0 bridgehead atoms. The lowest BCUT2D eigenvalue weighted by atomic mass is 9.92. The van der Waals surface area contributed by atoms with Crippen molar-refractivity contribution in [3.63, 3.8) is 0 Å². The number of hydrogen-bond acceptors (Lipinski definition) is 2. The molecule has 1 aliphatic rings. The quantitative estimate of drug-likeness (QED) is 0.765. The van der Waals surface area contributed by atoms with E-state index in [0.29, 0.717) is 5.54 Å². The zero-order chi connectivity index (χ0) is 10.6. The van der Waals surface area contributed by atoms with Crippen molar-refractivity contribution in [1.29, 1.82) is 0 Å². The second kappa shape index (κ2) is 5.13. The standard InChI is InChI=1S/C13H21NS/c1-13(7-4-2-3-5-8-13)14-10-12-6-9-15-11-12/h6,9,11,14H,2-5,7-8,10H2,1H3. The maximum Gasteiger partial charge on any atom is 0.0218 e. The van der Waals surface area contributed by atoms with Crippen LogP contribution in [0.15, 0.2) is 16.8 Å². The van der Waals surface area contributed by atoms with Crippen LogP contribution in [0.1, 0.15) is 51.0 Å². The number of hydrogen-bond donors (Lipinski definition) is 1. The number of rotatable bonds is 3. The van der Waals surface area contributed by atoms with Crippen LogP contribution in [0.3, 0.4) is 0 Å². The van der Waals surface area contributed by atoms with E-state index in [9.17, 15) is 0 Å². The maximum atomic E-state index is 3.75. The Bertz CT molecular complexity index is 271. The van der Waals surface area contributed by atoms with E-state index in [-0.39, 0.29) is 0 Å². The summed E-state index contributed by atoms with van der Waals surface area (Å²) in [4.78, 5) is 0. The van der Waals surface area contributed by atoms with Gasteiger partial charge in [0.15, 0.2) is 0 Å². The Morgan fingerprint density at radius 2 is 2.00 bits per heavy atom. The molecule has 0 spiro atoms. The molecular weight excluding hydrogens is 202 g/mol. The lowest BCUT2D eigenvalue weighted by Crippen LogP contribution is -2.41. The average Bonchev–Trinajstić information content (AvgIpc) is 2.65. The second-order valence-corrected chi connectivity index (χ2v) is 5.74. The summed E-state index contributed by atoms with van der Waals surface area (Å²) in [6.45, 7) is 3.44. The van der Waals surface area contributed by atoms with Gasteiger partial charge in [0.1, 0.15) is 0 Å². The van der Waals surface area contributed by atoms with E-state index in [1.54, 1.807) is 11.3 Å². The third-order valence-electron chi connectivity index (χ3n) is 3.51. The monoisotopic (exact) mass is 223 g/mol. The van der Waals surface area contributed by atoms with Gasteiger partial charge in [-0.15, -0.1) is 0 Å². The van der Waals surface area contributed by atoms with E-state index in [0.717, 1.165) is 6.54 Å². The molecule has 1 aliphatic carbocycles. The van der Waals surface area contributed by atoms with Crippen molar-refractivity contribution in [2.45, 2.75) is 57.5 Å². The molecule has 1 N–H and O–H groups in total. The molecular formula is C13H21NS. The van der Waals surface area contributed by atoms with Gasteiger partial charge in [-0.1, -0.05) is 25.7 Å². The maximum absolute atomic E-state index is 3.75.